The highest BCUT2D eigenvalue weighted by molar-refractivity contribution is 5.18. The maximum absolute atomic E-state index is 4.99. The largest absolute Gasteiger partial charge is 0.383 e. The Balaban J connectivity index is 2.71. The Morgan fingerprint density at radius 2 is 2.23 bits per heavy atom. The fourth-order valence-electron chi connectivity index (χ4n) is 1.40. The van der Waals surface area contributed by atoms with E-state index >= 15 is 0 Å². The molecule has 0 amide bonds. The minimum Gasteiger partial charge on any atom is -0.383 e. The molecule has 1 aromatic rings. The zero-order valence-electron chi connectivity index (χ0n) is 8.87. The lowest BCUT2D eigenvalue weighted by Crippen LogP contribution is -2.04. The summed E-state index contributed by atoms with van der Waals surface area (Å²) in [5, 5.41) is 4.41. The van der Waals surface area contributed by atoms with Gasteiger partial charge in [-0.1, -0.05) is 13.8 Å². The predicted molar refractivity (Wildman–Crippen MR) is 52.9 cm³/mol. The molecule has 0 aliphatic heterocycles. The summed E-state index contributed by atoms with van der Waals surface area (Å²) in [5.74, 6) is 0.552. The van der Waals surface area contributed by atoms with Crippen molar-refractivity contribution in [2.24, 2.45) is 0 Å². The van der Waals surface area contributed by atoms with Crippen LogP contribution in [-0.4, -0.2) is 23.5 Å². The lowest BCUT2D eigenvalue weighted by Gasteiger charge is -2.00. The second kappa shape index (κ2) is 4.42. The molecule has 1 rings (SSSR count). The number of methoxy groups -OCH3 is 1. The van der Waals surface area contributed by atoms with Crippen LogP contribution < -0.4 is 0 Å². The molecule has 0 aliphatic carbocycles. The van der Waals surface area contributed by atoms with Gasteiger partial charge >= 0.3 is 0 Å². The van der Waals surface area contributed by atoms with E-state index in [0.717, 1.165) is 18.8 Å². The van der Waals surface area contributed by atoms with E-state index in [2.05, 4.69) is 32.1 Å². The highest BCUT2D eigenvalue weighted by Crippen LogP contribution is 2.16. The third-order valence-electron chi connectivity index (χ3n) is 2.13. The molecule has 0 N–H and O–H groups in total. The van der Waals surface area contributed by atoms with Crippen molar-refractivity contribution in [1.29, 1.82) is 0 Å². The lowest BCUT2D eigenvalue weighted by atomic mass is 10.1. The van der Waals surface area contributed by atoms with Crippen LogP contribution in [-0.2, 0) is 11.3 Å². The first-order valence-electron chi connectivity index (χ1n) is 4.68. The summed E-state index contributed by atoms with van der Waals surface area (Å²) in [6.07, 6.45) is 2.11. The Morgan fingerprint density at radius 3 is 2.69 bits per heavy atom. The molecule has 3 nitrogen and oxygen atoms in total. The van der Waals surface area contributed by atoms with Gasteiger partial charge in [0.25, 0.3) is 0 Å². The van der Waals surface area contributed by atoms with E-state index in [1.807, 2.05) is 4.68 Å². The Morgan fingerprint density at radius 1 is 1.54 bits per heavy atom. The Kier molecular flexibility index (Phi) is 3.48. The molecule has 13 heavy (non-hydrogen) atoms. The zero-order valence-corrected chi connectivity index (χ0v) is 8.87. The monoisotopic (exact) mass is 182 g/mol. The maximum atomic E-state index is 4.99. The summed E-state index contributed by atoms with van der Waals surface area (Å²) in [5.41, 5.74) is 2.46. The molecular weight excluding hydrogens is 164 g/mol. The highest BCUT2D eigenvalue weighted by Gasteiger charge is 2.07. The first kappa shape index (κ1) is 10.3. The number of aromatic nitrogens is 2. The summed E-state index contributed by atoms with van der Waals surface area (Å²) in [4.78, 5) is 0. The first-order chi connectivity index (χ1) is 6.15. The van der Waals surface area contributed by atoms with Gasteiger partial charge in [0.1, 0.15) is 0 Å². The SMILES string of the molecule is COCCn1cc(C(C)C)c(C)n1. The molecular formula is C10H18N2O. The van der Waals surface area contributed by atoms with Crippen LogP contribution in [0.4, 0.5) is 0 Å². The maximum Gasteiger partial charge on any atom is 0.0658 e. The van der Waals surface area contributed by atoms with Gasteiger partial charge in [0.15, 0.2) is 0 Å². The molecule has 0 atom stereocenters. The third-order valence-corrected chi connectivity index (χ3v) is 2.13. The average Bonchev–Trinajstić information content (AvgIpc) is 2.43. The van der Waals surface area contributed by atoms with E-state index in [-0.39, 0.29) is 0 Å². The summed E-state index contributed by atoms with van der Waals surface area (Å²) >= 11 is 0. The Hall–Kier alpha value is -0.830. The van der Waals surface area contributed by atoms with Crippen molar-refractivity contribution in [3.05, 3.63) is 17.5 Å². The molecule has 0 aliphatic rings. The smallest absolute Gasteiger partial charge is 0.0658 e. The van der Waals surface area contributed by atoms with Gasteiger partial charge in [-0.05, 0) is 18.4 Å². The van der Waals surface area contributed by atoms with E-state index in [9.17, 15) is 0 Å². The normalized spacial score (nSPS) is 11.2. The van der Waals surface area contributed by atoms with E-state index in [4.69, 9.17) is 4.74 Å². The number of rotatable bonds is 4. The van der Waals surface area contributed by atoms with Crippen molar-refractivity contribution < 1.29 is 4.74 Å². The standard InChI is InChI=1S/C10H18N2O/c1-8(2)10-7-12(5-6-13-4)11-9(10)3/h7-8H,5-6H2,1-4H3. The minimum atomic E-state index is 0.552. The van der Waals surface area contributed by atoms with Gasteiger partial charge in [0.2, 0.25) is 0 Å². The molecule has 3 heteroatoms. The molecule has 0 aromatic carbocycles. The van der Waals surface area contributed by atoms with Crippen LogP contribution in [0.25, 0.3) is 0 Å². The van der Waals surface area contributed by atoms with Gasteiger partial charge in [-0.25, -0.2) is 0 Å². The van der Waals surface area contributed by atoms with Crippen LogP contribution in [0.2, 0.25) is 0 Å². The molecule has 0 saturated heterocycles. The number of hydrogen-bond donors (Lipinski definition) is 0. The second-order valence-electron chi connectivity index (χ2n) is 3.58. The quantitative estimate of drug-likeness (QED) is 0.711. The topological polar surface area (TPSA) is 27.1 Å². The van der Waals surface area contributed by atoms with Crippen molar-refractivity contribution in [2.75, 3.05) is 13.7 Å². The van der Waals surface area contributed by atoms with Crippen molar-refractivity contribution in [1.82, 2.24) is 9.78 Å². The van der Waals surface area contributed by atoms with Crippen LogP contribution in [0, 0.1) is 6.92 Å². The number of aryl methyl sites for hydroxylation is 1. The Bertz CT molecular complexity index is 266. The van der Waals surface area contributed by atoms with Crippen LogP contribution in [0.15, 0.2) is 6.20 Å². The second-order valence-corrected chi connectivity index (χ2v) is 3.58. The summed E-state index contributed by atoms with van der Waals surface area (Å²) in [6, 6.07) is 0. The van der Waals surface area contributed by atoms with Crippen molar-refractivity contribution in [2.45, 2.75) is 33.2 Å². The van der Waals surface area contributed by atoms with E-state index < -0.39 is 0 Å². The molecule has 0 unspecified atom stereocenters. The average molecular weight is 182 g/mol. The van der Waals surface area contributed by atoms with E-state index in [1.165, 1.54) is 5.56 Å². The van der Waals surface area contributed by atoms with Gasteiger partial charge in [0.05, 0.1) is 18.8 Å². The molecule has 0 bridgehead atoms. The van der Waals surface area contributed by atoms with Gasteiger partial charge in [-0.3, -0.25) is 4.68 Å². The number of hydrogen-bond acceptors (Lipinski definition) is 2. The number of ether oxygens (including phenoxy) is 1. The van der Waals surface area contributed by atoms with Crippen LogP contribution >= 0.6 is 0 Å². The van der Waals surface area contributed by atoms with Crippen LogP contribution in [0.1, 0.15) is 31.0 Å². The van der Waals surface area contributed by atoms with Crippen LogP contribution in [0.5, 0.6) is 0 Å². The molecule has 74 valence electrons. The summed E-state index contributed by atoms with van der Waals surface area (Å²) < 4.78 is 6.95. The first-order valence-corrected chi connectivity index (χ1v) is 4.68. The zero-order chi connectivity index (χ0) is 9.84. The Labute approximate surface area is 79.7 Å². The molecule has 0 spiro atoms. The summed E-state index contributed by atoms with van der Waals surface area (Å²) in [6.45, 7) is 7.98. The predicted octanol–water partition coefficient (Wildman–Crippen LogP) is 1.96. The van der Waals surface area contributed by atoms with Crippen LogP contribution in [0.3, 0.4) is 0 Å². The highest BCUT2D eigenvalue weighted by atomic mass is 16.5. The fourth-order valence-corrected chi connectivity index (χ4v) is 1.40. The van der Waals surface area contributed by atoms with Gasteiger partial charge in [-0.2, -0.15) is 5.10 Å². The molecule has 0 radical (unpaired) electrons. The number of nitrogens with zero attached hydrogens (tertiary/aromatic N) is 2. The van der Waals surface area contributed by atoms with Gasteiger partial charge < -0.3 is 4.74 Å². The van der Waals surface area contributed by atoms with Crippen molar-refractivity contribution in [3.63, 3.8) is 0 Å². The lowest BCUT2D eigenvalue weighted by molar-refractivity contribution is 0.183. The van der Waals surface area contributed by atoms with Crippen molar-refractivity contribution >= 4 is 0 Å². The van der Waals surface area contributed by atoms with E-state index in [1.54, 1.807) is 7.11 Å². The third kappa shape index (κ3) is 2.56. The van der Waals surface area contributed by atoms with Crippen molar-refractivity contribution in [3.8, 4) is 0 Å². The van der Waals surface area contributed by atoms with Gasteiger partial charge in [0, 0.05) is 13.3 Å². The molecule has 1 aromatic heterocycles. The van der Waals surface area contributed by atoms with Gasteiger partial charge in [-0.15, -0.1) is 0 Å². The minimum absolute atomic E-state index is 0.552. The van der Waals surface area contributed by atoms with E-state index in [0.29, 0.717) is 5.92 Å². The molecule has 1 heterocycles. The summed E-state index contributed by atoms with van der Waals surface area (Å²) in [7, 11) is 1.71. The fraction of sp³-hybridized carbons (Fsp3) is 0.700. The molecule has 0 fully saturated rings. The molecule has 0 saturated carbocycles.